The Morgan fingerprint density at radius 2 is 1.60 bits per heavy atom. The quantitative estimate of drug-likeness (QED) is 0.898. The van der Waals surface area contributed by atoms with Crippen LogP contribution in [-0.4, -0.2) is 42.9 Å². The number of anilines is 1. The Morgan fingerprint density at radius 1 is 1.05 bits per heavy atom. The normalized spacial score (nSPS) is 15.6. The van der Waals surface area contributed by atoms with E-state index in [1.165, 1.54) is 0 Å². The summed E-state index contributed by atoms with van der Waals surface area (Å²) in [5.74, 6) is -0.144. The Hall–Kier alpha value is -2.04. The van der Waals surface area contributed by atoms with Crippen LogP contribution in [0.3, 0.4) is 0 Å². The van der Waals surface area contributed by atoms with Gasteiger partial charge in [-0.25, -0.2) is 0 Å². The van der Waals surface area contributed by atoms with Crippen LogP contribution >= 0.6 is 0 Å². The van der Waals surface area contributed by atoms with E-state index < -0.39 is 5.91 Å². The lowest BCUT2D eigenvalue weighted by molar-refractivity contribution is -0.134. The molecule has 1 aliphatic heterocycles. The fourth-order valence-corrected chi connectivity index (χ4v) is 2.39. The summed E-state index contributed by atoms with van der Waals surface area (Å²) in [4.78, 5) is 27.1. The molecule has 20 heavy (non-hydrogen) atoms. The number of piperazine rings is 1. The van der Waals surface area contributed by atoms with Crippen LogP contribution in [0.4, 0.5) is 5.69 Å². The molecule has 0 saturated carbocycles. The minimum absolute atomic E-state index is 0.0522. The molecule has 0 radical (unpaired) electrons. The molecule has 0 spiro atoms. The molecule has 1 heterocycles. The SMILES string of the molecule is CC(C)C(=O)N1CCN(c2ccc(C(N)=O)cc2)CC1. The van der Waals surface area contributed by atoms with Crippen molar-refractivity contribution in [1.82, 2.24) is 4.90 Å². The van der Waals surface area contributed by atoms with E-state index >= 15 is 0 Å². The van der Waals surface area contributed by atoms with E-state index in [2.05, 4.69) is 4.90 Å². The molecule has 1 aromatic carbocycles. The van der Waals surface area contributed by atoms with Gasteiger partial charge in [0.25, 0.3) is 0 Å². The molecular weight excluding hydrogens is 254 g/mol. The van der Waals surface area contributed by atoms with Gasteiger partial charge in [-0.2, -0.15) is 0 Å². The second kappa shape index (κ2) is 5.94. The smallest absolute Gasteiger partial charge is 0.248 e. The van der Waals surface area contributed by atoms with E-state index in [-0.39, 0.29) is 11.8 Å². The Balaban J connectivity index is 1.97. The highest BCUT2D eigenvalue weighted by molar-refractivity contribution is 5.93. The molecule has 2 N–H and O–H groups in total. The Kier molecular flexibility index (Phi) is 4.27. The molecule has 108 valence electrons. The van der Waals surface area contributed by atoms with Crippen molar-refractivity contribution in [3.05, 3.63) is 29.8 Å². The lowest BCUT2D eigenvalue weighted by atomic mass is 10.1. The molecule has 5 nitrogen and oxygen atoms in total. The first-order valence-corrected chi connectivity index (χ1v) is 6.92. The minimum Gasteiger partial charge on any atom is -0.368 e. The molecule has 0 atom stereocenters. The fourth-order valence-electron chi connectivity index (χ4n) is 2.39. The maximum Gasteiger partial charge on any atom is 0.248 e. The molecule has 0 aliphatic carbocycles. The van der Waals surface area contributed by atoms with Crippen molar-refractivity contribution in [1.29, 1.82) is 0 Å². The second-order valence-corrected chi connectivity index (χ2v) is 5.38. The first-order chi connectivity index (χ1) is 9.49. The first kappa shape index (κ1) is 14.4. The average Bonchev–Trinajstić information content (AvgIpc) is 2.46. The highest BCUT2D eigenvalue weighted by atomic mass is 16.2. The number of rotatable bonds is 3. The molecule has 2 rings (SSSR count). The van der Waals surface area contributed by atoms with Gasteiger partial charge in [0.2, 0.25) is 11.8 Å². The van der Waals surface area contributed by atoms with Crippen molar-refractivity contribution in [3.8, 4) is 0 Å². The number of primary amides is 1. The predicted octanol–water partition coefficient (Wildman–Crippen LogP) is 1.09. The topological polar surface area (TPSA) is 66.6 Å². The van der Waals surface area contributed by atoms with Crippen molar-refractivity contribution in [2.45, 2.75) is 13.8 Å². The van der Waals surface area contributed by atoms with Gasteiger partial charge in [0.05, 0.1) is 0 Å². The number of hydrogen-bond acceptors (Lipinski definition) is 3. The predicted molar refractivity (Wildman–Crippen MR) is 78.6 cm³/mol. The monoisotopic (exact) mass is 275 g/mol. The summed E-state index contributed by atoms with van der Waals surface area (Å²) in [6.07, 6.45) is 0. The summed E-state index contributed by atoms with van der Waals surface area (Å²) in [5.41, 5.74) is 6.80. The molecule has 5 heteroatoms. The molecule has 1 saturated heterocycles. The zero-order chi connectivity index (χ0) is 14.7. The lowest BCUT2D eigenvalue weighted by Crippen LogP contribution is -2.49. The van der Waals surface area contributed by atoms with Gasteiger partial charge in [-0.15, -0.1) is 0 Å². The van der Waals surface area contributed by atoms with E-state index in [9.17, 15) is 9.59 Å². The van der Waals surface area contributed by atoms with Gasteiger partial charge in [-0.1, -0.05) is 13.8 Å². The van der Waals surface area contributed by atoms with Crippen molar-refractivity contribution in [3.63, 3.8) is 0 Å². The van der Waals surface area contributed by atoms with Crippen LogP contribution in [0.25, 0.3) is 0 Å². The second-order valence-electron chi connectivity index (χ2n) is 5.38. The number of hydrogen-bond donors (Lipinski definition) is 1. The number of carbonyl (C=O) groups excluding carboxylic acids is 2. The summed E-state index contributed by atoms with van der Waals surface area (Å²) < 4.78 is 0. The summed E-state index contributed by atoms with van der Waals surface area (Å²) >= 11 is 0. The van der Waals surface area contributed by atoms with Gasteiger partial charge >= 0.3 is 0 Å². The largest absolute Gasteiger partial charge is 0.368 e. The zero-order valence-corrected chi connectivity index (χ0v) is 12.0. The van der Waals surface area contributed by atoms with Gasteiger partial charge in [-0.3, -0.25) is 9.59 Å². The molecule has 1 fully saturated rings. The molecule has 1 aliphatic rings. The van der Waals surface area contributed by atoms with Crippen molar-refractivity contribution in [2.24, 2.45) is 11.7 Å². The third-order valence-corrected chi connectivity index (χ3v) is 3.60. The number of carbonyl (C=O) groups is 2. The van der Waals surface area contributed by atoms with E-state index in [1.54, 1.807) is 12.1 Å². The molecule has 0 unspecified atom stereocenters. The highest BCUT2D eigenvalue weighted by Gasteiger charge is 2.22. The standard InChI is InChI=1S/C15H21N3O2/c1-11(2)15(20)18-9-7-17(8-10-18)13-5-3-12(4-6-13)14(16)19/h3-6,11H,7-10H2,1-2H3,(H2,16,19). The van der Waals surface area contributed by atoms with E-state index in [0.29, 0.717) is 5.56 Å². The third kappa shape index (κ3) is 3.10. The number of benzene rings is 1. The van der Waals surface area contributed by atoms with E-state index in [1.807, 2.05) is 30.9 Å². The summed E-state index contributed by atoms with van der Waals surface area (Å²) in [7, 11) is 0. The summed E-state index contributed by atoms with van der Waals surface area (Å²) in [6.45, 7) is 6.97. The molecule has 0 aromatic heterocycles. The average molecular weight is 275 g/mol. The van der Waals surface area contributed by atoms with Crippen LogP contribution in [0.1, 0.15) is 24.2 Å². The Labute approximate surface area is 119 Å². The summed E-state index contributed by atoms with van der Waals surface area (Å²) in [5, 5.41) is 0. The van der Waals surface area contributed by atoms with Gasteiger partial charge in [-0.05, 0) is 24.3 Å². The zero-order valence-electron chi connectivity index (χ0n) is 12.0. The number of nitrogens with two attached hydrogens (primary N) is 1. The van der Waals surface area contributed by atoms with Gasteiger partial charge < -0.3 is 15.5 Å². The molecular formula is C15H21N3O2. The van der Waals surface area contributed by atoms with Gasteiger partial charge in [0.1, 0.15) is 0 Å². The van der Waals surface area contributed by atoms with Crippen LogP contribution in [-0.2, 0) is 4.79 Å². The third-order valence-electron chi connectivity index (χ3n) is 3.60. The highest BCUT2D eigenvalue weighted by Crippen LogP contribution is 2.18. The van der Waals surface area contributed by atoms with Crippen molar-refractivity contribution in [2.75, 3.05) is 31.1 Å². The van der Waals surface area contributed by atoms with E-state index in [4.69, 9.17) is 5.73 Å². The van der Waals surface area contributed by atoms with E-state index in [0.717, 1.165) is 31.9 Å². The van der Waals surface area contributed by atoms with Crippen molar-refractivity contribution >= 4 is 17.5 Å². The summed E-state index contributed by atoms with van der Waals surface area (Å²) in [6, 6.07) is 7.28. The first-order valence-electron chi connectivity index (χ1n) is 6.92. The van der Waals surface area contributed by atoms with Crippen LogP contribution in [0, 0.1) is 5.92 Å². The molecule has 1 aromatic rings. The maximum absolute atomic E-state index is 11.9. The van der Waals surface area contributed by atoms with Crippen LogP contribution in [0.2, 0.25) is 0 Å². The lowest BCUT2D eigenvalue weighted by Gasteiger charge is -2.36. The number of nitrogens with zero attached hydrogens (tertiary/aromatic N) is 2. The van der Waals surface area contributed by atoms with Crippen LogP contribution in [0.15, 0.2) is 24.3 Å². The molecule has 2 amide bonds. The van der Waals surface area contributed by atoms with Crippen LogP contribution < -0.4 is 10.6 Å². The number of amides is 2. The maximum atomic E-state index is 11.9. The fraction of sp³-hybridized carbons (Fsp3) is 0.467. The van der Waals surface area contributed by atoms with Gasteiger partial charge in [0.15, 0.2) is 0 Å². The Bertz CT molecular complexity index is 488. The van der Waals surface area contributed by atoms with Crippen LogP contribution in [0.5, 0.6) is 0 Å². The molecule has 0 bridgehead atoms. The Morgan fingerprint density at radius 3 is 2.05 bits per heavy atom. The van der Waals surface area contributed by atoms with Crippen molar-refractivity contribution < 1.29 is 9.59 Å². The van der Waals surface area contributed by atoms with Gasteiger partial charge in [0, 0.05) is 43.3 Å². The minimum atomic E-state index is -0.413.